The molecular weight excluding hydrogens is 272 g/mol. The van der Waals surface area contributed by atoms with Crippen LogP contribution in [0.4, 0.5) is 0 Å². The molecule has 0 unspecified atom stereocenters. The highest BCUT2D eigenvalue weighted by molar-refractivity contribution is 7.99. The Bertz CT molecular complexity index is 753. The van der Waals surface area contributed by atoms with E-state index < -0.39 is 0 Å². The molecule has 0 aliphatic heterocycles. The van der Waals surface area contributed by atoms with Gasteiger partial charge in [0.15, 0.2) is 22.3 Å². The fourth-order valence-corrected chi connectivity index (χ4v) is 2.30. The van der Waals surface area contributed by atoms with Crippen LogP contribution < -0.4 is 10.7 Å². The Balaban J connectivity index is 2.36. The fourth-order valence-electron chi connectivity index (χ4n) is 1.53. The van der Waals surface area contributed by atoms with Crippen molar-refractivity contribution < 1.29 is 9.21 Å². The Hall–Kier alpha value is -2.27. The van der Waals surface area contributed by atoms with Gasteiger partial charge in [0.1, 0.15) is 0 Å². The minimum atomic E-state index is 0.303. The molecule has 5 heteroatoms. The summed E-state index contributed by atoms with van der Waals surface area (Å²) in [6.45, 7) is 5.63. The lowest BCUT2D eigenvalue weighted by atomic mass is 10.4. The smallest absolute Gasteiger partial charge is 0.185 e. The van der Waals surface area contributed by atoms with Crippen LogP contribution in [-0.2, 0) is 0 Å². The number of allylic oxidation sites excluding steroid dienone is 3. The Labute approximate surface area is 120 Å². The molecule has 4 nitrogen and oxygen atoms in total. The molecule has 0 fully saturated rings. The van der Waals surface area contributed by atoms with Crippen molar-refractivity contribution in [3.63, 3.8) is 0 Å². The van der Waals surface area contributed by atoms with Crippen molar-refractivity contribution in [2.24, 2.45) is 0 Å². The minimum absolute atomic E-state index is 0.303. The van der Waals surface area contributed by atoms with E-state index in [9.17, 15) is 4.79 Å². The summed E-state index contributed by atoms with van der Waals surface area (Å²) in [5.74, 6) is 0.303. The summed E-state index contributed by atoms with van der Waals surface area (Å²) in [6.07, 6.45) is 9.99. The largest absolute Gasteiger partial charge is 0.447 e. The van der Waals surface area contributed by atoms with Crippen LogP contribution in [-0.4, -0.2) is 16.3 Å². The lowest BCUT2D eigenvalue weighted by Gasteiger charge is -1.90. The zero-order chi connectivity index (χ0) is 14.4. The molecule has 1 N–H and O–H groups in total. The van der Waals surface area contributed by atoms with Gasteiger partial charge in [0.25, 0.3) is 0 Å². The second-order valence-electron chi connectivity index (χ2n) is 3.81. The normalized spacial score (nSPS) is 13.2. The van der Waals surface area contributed by atoms with Crippen LogP contribution in [0, 0.1) is 0 Å². The highest BCUT2D eigenvalue weighted by Crippen LogP contribution is 2.24. The van der Waals surface area contributed by atoms with Gasteiger partial charge in [-0.1, -0.05) is 24.8 Å². The van der Waals surface area contributed by atoms with Crippen LogP contribution >= 0.6 is 11.8 Å². The number of aromatic nitrogens is 2. The summed E-state index contributed by atoms with van der Waals surface area (Å²) in [5, 5.41) is 3.01. The van der Waals surface area contributed by atoms with Crippen molar-refractivity contribution in [1.82, 2.24) is 9.97 Å². The summed E-state index contributed by atoms with van der Waals surface area (Å²) in [6, 6.07) is 3.37. The van der Waals surface area contributed by atoms with Crippen LogP contribution in [0.2, 0.25) is 0 Å². The van der Waals surface area contributed by atoms with E-state index in [4.69, 9.17) is 4.42 Å². The maximum atomic E-state index is 10.6. The molecule has 0 aliphatic rings. The molecule has 2 aromatic rings. The number of furan rings is 1. The van der Waals surface area contributed by atoms with E-state index in [2.05, 4.69) is 16.5 Å². The fraction of sp³-hybridized carbons (Fsp3) is 0.0667. The third-order valence-corrected chi connectivity index (χ3v) is 3.19. The van der Waals surface area contributed by atoms with Crippen molar-refractivity contribution in [2.45, 2.75) is 17.2 Å². The maximum absolute atomic E-state index is 10.6. The average molecular weight is 286 g/mol. The van der Waals surface area contributed by atoms with E-state index in [0.717, 1.165) is 10.7 Å². The van der Waals surface area contributed by atoms with E-state index in [-0.39, 0.29) is 0 Å². The van der Waals surface area contributed by atoms with Crippen molar-refractivity contribution in [3.8, 4) is 0 Å². The van der Waals surface area contributed by atoms with E-state index >= 15 is 0 Å². The molecule has 0 spiro atoms. The zero-order valence-corrected chi connectivity index (χ0v) is 11.8. The number of H-pyrrole nitrogens is 1. The summed E-state index contributed by atoms with van der Waals surface area (Å²) in [4.78, 5) is 18.2. The van der Waals surface area contributed by atoms with Crippen LogP contribution in [0.15, 0.2) is 51.6 Å². The number of hydrogen-bond donors (Lipinski definition) is 1. The van der Waals surface area contributed by atoms with Crippen LogP contribution in [0.3, 0.4) is 0 Å². The quantitative estimate of drug-likeness (QED) is 0.857. The lowest BCUT2D eigenvalue weighted by molar-refractivity contribution is 0.109. The van der Waals surface area contributed by atoms with Gasteiger partial charge in [0.2, 0.25) is 0 Å². The standard InChI is InChI=1S/C15H14N2O2S/c1-3-5-7-13-12(6-4-2)16-15(17-13)20-14-9-8-11(10-18)19-14/h3-10H,2H2,1H3,(H,16,17)/b5-3-,12-6+,13-7+. The van der Waals surface area contributed by atoms with Crippen LogP contribution in [0.1, 0.15) is 17.5 Å². The average Bonchev–Trinajstić information content (AvgIpc) is 3.04. The molecule has 0 radical (unpaired) electrons. The number of nitrogens with one attached hydrogen (secondary N) is 1. The molecule has 2 aromatic heterocycles. The third kappa shape index (κ3) is 3.39. The lowest BCUT2D eigenvalue weighted by Crippen LogP contribution is -2.23. The van der Waals surface area contributed by atoms with E-state index in [1.807, 2.05) is 31.2 Å². The van der Waals surface area contributed by atoms with Gasteiger partial charge in [-0.2, -0.15) is 0 Å². The summed E-state index contributed by atoms with van der Waals surface area (Å²) in [5.41, 5.74) is 0. The van der Waals surface area contributed by atoms with E-state index in [1.54, 1.807) is 18.2 Å². The number of aromatic amines is 1. The topological polar surface area (TPSA) is 58.9 Å². The number of imidazole rings is 1. The Morgan fingerprint density at radius 3 is 2.90 bits per heavy atom. The van der Waals surface area contributed by atoms with Crippen molar-refractivity contribution in [1.29, 1.82) is 0 Å². The highest BCUT2D eigenvalue weighted by Gasteiger charge is 2.06. The number of hydrogen-bond acceptors (Lipinski definition) is 4. The van der Waals surface area contributed by atoms with Crippen molar-refractivity contribution in [3.05, 3.63) is 53.4 Å². The molecule has 102 valence electrons. The number of rotatable bonds is 5. The van der Waals surface area contributed by atoms with E-state index in [1.165, 1.54) is 11.8 Å². The molecule has 0 saturated carbocycles. The van der Waals surface area contributed by atoms with Crippen molar-refractivity contribution in [2.75, 3.05) is 0 Å². The molecule has 0 bridgehead atoms. The van der Waals surface area contributed by atoms with Gasteiger partial charge in [-0.3, -0.25) is 4.79 Å². The molecule has 0 aliphatic carbocycles. The number of carbonyl (C=O) groups is 1. The summed E-state index contributed by atoms with van der Waals surface area (Å²) in [7, 11) is 0. The van der Waals surface area contributed by atoms with Gasteiger partial charge in [0.05, 0.1) is 10.7 Å². The first-order valence-corrected chi connectivity index (χ1v) is 6.83. The minimum Gasteiger partial charge on any atom is -0.447 e. The SMILES string of the molecule is C=C/C=c1/[nH]c(Sc2ccc(C=O)o2)n/c1=C/C=C\C. The monoisotopic (exact) mass is 286 g/mol. The third-order valence-electron chi connectivity index (χ3n) is 2.39. The second kappa shape index (κ2) is 6.77. The van der Waals surface area contributed by atoms with Crippen molar-refractivity contribution >= 4 is 30.2 Å². The van der Waals surface area contributed by atoms with Gasteiger partial charge >= 0.3 is 0 Å². The highest BCUT2D eigenvalue weighted by atomic mass is 32.2. The number of nitrogens with zero attached hydrogens (tertiary/aromatic N) is 1. The first-order valence-electron chi connectivity index (χ1n) is 6.01. The van der Waals surface area contributed by atoms with Crippen LogP contribution in [0.25, 0.3) is 12.2 Å². The Morgan fingerprint density at radius 2 is 2.25 bits per heavy atom. The van der Waals surface area contributed by atoms with Gasteiger partial charge in [-0.25, -0.2) is 4.98 Å². The summed E-state index contributed by atoms with van der Waals surface area (Å²) < 4.78 is 5.31. The van der Waals surface area contributed by atoms with E-state index in [0.29, 0.717) is 22.3 Å². The van der Waals surface area contributed by atoms with Gasteiger partial charge in [-0.05, 0) is 43.0 Å². The molecule has 0 aromatic carbocycles. The predicted molar refractivity (Wildman–Crippen MR) is 80.0 cm³/mol. The zero-order valence-electron chi connectivity index (χ0n) is 11.0. The first kappa shape index (κ1) is 14.1. The first-order chi connectivity index (χ1) is 9.76. The second-order valence-corrected chi connectivity index (χ2v) is 4.81. The van der Waals surface area contributed by atoms with Gasteiger partial charge < -0.3 is 9.40 Å². The number of carbonyl (C=O) groups excluding carboxylic acids is 1. The Kier molecular flexibility index (Phi) is 4.79. The molecule has 0 atom stereocenters. The predicted octanol–water partition coefficient (Wildman–Crippen LogP) is 2.29. The molecule has 0 saturated heterocycles. The van der Waals surface area contributed by atoms with Crippen LogP contribution in [0.5, 0.6) is 0 Å². The molecule has 2 rings (SSSR count). The Morgan fingerprint density at radius 1 is 1.40 bits per heavy atom. The molecule has 20 heavy (non-hydrogen) atoms. The molecule has 0 amide bonds. The molecule has 2 heterocycles. The maximum Gasteiger partial charge on any atom is 0.185 e. The molecular formula is C15H14N2O2S. The van der Waals surface area contributed by atoms with Gasteiger partial charge in [-0.15, -0.1) is 0 Å². The number of aldehydes is 1. The van der Waals surface area contributed by atoms with Gasteiger partial charge in [0, 0.05) is 0 Å². The summed E-state index contributed by atoms with van der Waals surface area (Å²) >= 11 is 1.33.